The molecule has 0 fully saturated rings. The molecule has 4 aromatic rings. The van der Waals surface area contributed by atoms with E-state index in [1.165, 1.54) is 24.3 Å². The SMILES string of the molecule is O=C(Oc1ccc(-c2ccc(F)cc2F)cc1C(=O)NCc1ccccc1)c1ccccc1. The van der Waals surface area contributed by atoms with Crippen LogP contribution in [0.1, 0.15) is 26.3 Å². The van der Waals surface area contributed by atoms with E-state index in [1.807, 2.05) is 30.3 Å². The lowest BCUT2D eigenvalue weighted by Gasteiger charge is -2.13. The van der Waals surface area contributed by atoms with Crippen LogP contribution in [0.3, 0.4) is 0 Å². The van der Waals surface area contributed by atoms with Gasteiger partial charge in [0, 0.05) is 18.2 Å². The molecular weight excluding hydrogens is 424 g/mol. The third-order valence-corrected chi connectivity index (χ3v) is 4.97. The van der Waals surface area contributed by atoms with Crippen molar-refractivity contribution in [3.8, 4) is 16.9 Å². The second-order valence-electron chi connectivity index (χ2n) is 7.26. The van der Waals surface area contributed by atoms with Crippen LogP contribution in [0.15, 0.2) is 97.1 Å². The number of benzene rings is 4. The first-order chi connectivity index (χ1) is 16.0. The molecule has 0 heterocycles. The highest BCUT2D eigenvalue weighted by molar-refractivity contribution is 6.00. The fraction of sp³-hybridized carbons (Fsp3) is 0.0370. The quantitative estimate of drug-likeness (QED) is 0.304. The molecule has 0 radical (unpaired) electrons. The van der Waals surface area contributed by atoms with E-state index >= 15 is 0 Å². The lowest BCUT2D eigenvalue weighted by molar-refractivity contribution is 0.0732. The first kappa shape index (κ1) is 21.9. The average molecular weight is 443 g/mol. The molecule has 33 heavy (non-hydrogen) atoms. The summed E-state index contributed by atoms with van der Waals surface area (Å²) in [4.78, 5) is 25.6. The van der Waals surface area contributed by atoms with Gasteiger partial charge < -0.3 is 10.1 Å². The normalized spacial score (nSPS) is 10.5. The Bertz CT molecular complexity index is 1290. The summed E-state index contributed by atoms with van der Waals surface area (Å²) in [6, 6.07) is 25.2. The van der Waals surface area contributed by atoms with Crippen molar-refractivity contribution in [2.24, 2.45) is 0 Å². The molecule has 1 N–H and O–H groups in total. The zero-order chi connectivity index (χ0) is 23.2. The Morgan fingerprint density at radius 3 is 2.18 bits per heavy atom. The van der Waals surface area contributed by atoms with Crippen molar-refractivity contribution in [3.05, 3.63) is 125 Å². The van der Waals surface area contributed by atoms with Crippen LogP contribution in [0, 0.1) is 11.6 Å². The summed E-state index contributed by atoms with van der Waals surface area (Å²) in [5, 5.41) is 2.79. The van der Waals surface area contributed by atoms with Gasteiger partial charge in [0.15, 0.2) is 0 Å². The van der Waals surface area contributed by atoms with Crippen LogP contribution in [-0.4, -0.2) is 11.9 Å². The minimum absolute atomic E-state index is 0.0284. The predicted molar refractivity (Wildman–Crippen MR) is 121 cm³/mol. The summed E-state index contributed by atoms with van der Waals surface area (Å²) in [5.41, 5.74) is 1.72. The van der Waals surface area contributed by atoms with Gasteiger partial charge in [-0.25, -0.2) is 13.6 Å². The molecule has 0 saturated carbocycles. The minimum Gasteiger partial charge on any atom is -0.422 e. The highest BCUT2D eigenvalue weighted by atomic mass is 19.1. The van der Waals surface area contributed by atoms with Crippen molar-refractivity contribution in [2.45, 2.75) is 6.54 Å². The summed E-state index contributed by atoms with van der Waals surface area (Å²) < 4.78 is 33.2. The third-order valence-electron chi connectivity index (χ3n) is 4.97. The molecule has 0 atom stereocenters. The predicted octanol–water partition coefficient (Wildman–Crippen LogP) is 5.78. The maximum absolute atomic E-state index is 14.3. The van der Waals surface area contributed by atoms with Gasteiger partial charge in [0.1, 0.15) is 17.4 Å². The van der Waals surface area contributed by atoms with E-state index in [-0.39, 0.29) is 23.4 Å². The molecule has 0 aliphatic carbocycles. The number of ether oxygens (including phenoxy) is 1. The van der Waals surface area contributed by atoms with Crippen LogP contribution in [0.2, 0.25) is 0 Å². The lowest BCUT2D eigenvalue weighted by atomic mass is 10.0. The lowest BCUT2D eigenvalue weighted by Crippen LogP contribution is -2.24. The Balaban J connectivity index is 1.67. The number of halogens is 2. The maximum Gasteiger partial charge on any atom is 0.343 e. The van der Waals surface area contributed by atoms with Crippen LogP contribution >= 0.6 is 0 Å². The number of hydrogen-bond donors (Lipinski definition) is 1. The van der Waals surface area contributed by atoms with Gasteiger partial charge in [-0.15, -0.1) is 0 Å². The van der Waals surface area contributed by atoms with Gasteiger partial charge in [0.25, 0.3) is 5.91 Å². The maximum atomic E-state index is 14.3. The second-order valence-corrected chi connectivity index (χ2v) is 7.26. The Morgan fingerprint density at radius 2 is 1.48 bits per heavy atom. The van der Waals surface area contributed by atoms with Gasteiger partial charge in [-0.3, -0.25) is 4.79 Å². The van der Waals surface area contributed by atoms with Gasteiger partial charge in [0.05, 0.1) is 11.1 Å². The van der Waals surface area contributed by atoms with E-state index in [0.717, 1.165) is 17.7 Å². The zero-order valence-corrected chi connectivity index (χ0v) is 17.4. The van der Waals surface area contributed by atoms with E-state index < -0.39 is 23.5 Å². The molecule has 4 rings (SSSR count). The molecule has 6 heteroatoms. The van der Waals surface area contributed by atoms with Crippen LogP contribution in [0.5, 0.6) is 5.75 Å². The van der Waals surface area contributed by atoms with E-state index in [9.17, 15) is 18.4 Å². The molecular formula is C27H19F2NO3. The van der Waals surface area contributed by atoms with Gasteiger partial charge >= 0.3 is 5.97 Å². The van der Waals surface area contributed by atoms with Crippen LogP contribution in [0.25, 0.3) is 11.1 Å². The van der Waals surface area contributed by atoms with Crippen molar-refractivity contribution < 1.29 is 23.1 Å². The topological polar surface area (TPSA) is 55.4 Å². The van der Waals surface area contributed by atoms with E-state index in [0.29, 0.717) is 11.1 Å². The highest BCUT2D eigenvalue weighted by Gasteiger charge is 2.19. The van der Waals surface area contributed by atoms with Gasteiger partial charge in [0.2, 0.25) is 0 Å². The summed E-state index contributed by atoms with van der Waals surface area (Å²) in [5.74, 6) is -2.57. The summed E-state index contributed by atoms with van der Waals surface area (Å²) >= 11 is 0. The summed E-state index contributed by atoms with van der Waals surface area (Å²) in [6.45, 7) is 0.251. The Labute approximate surface area is 189 Å². The Kier molecular flexibility index (Phi) is 6.55. The van der Waals surface area contributed by atoms with Crippen LogP contribution in [-0.2, 0) is 6.54 Å². The molecule has 0 saturated heterocycles. The highest BCUT2D eigenvalue weighted by Crippen LogP contribution is 2.29. The van der Waals surface area contributed by atoms with Crippen molar-refractivity contribution in [1.82, 2.24) is 5.32 Å². The van der Waals surface area contributed by atoms with Crippen LogP contribution < -0.4 is 10.1 Å². The number of hydrogen-bond acceptors (Lipinski definition) is 3. The fourth-order valence-corrected chi connectivity index (χ4v) is 3.29. The Hall–Kier alpha value is -4.32. The number of esters is 1. The van der Waals surface area contributed by atoms with E-state index in [4.69, 9.17) is 4.74 Å². The standard InChI is InChI=1S/C27H19F2NO3/c28-21-12-13-22(24(29)16-21)20-11-14-25(33-27(32)19-9-5-2-6-10-19)23(15-20)26(31)30-17-18-7-3-1-4-8-18/h1-16H,17H2,(H,30,31). The van der Waals surface area contributed by atoms with Gasteiger partial charge in [-0.05, 0) is 47.5 Å². The number of carbonyl (C=O) groups excluding carboxylic acids is 2. The zero-order valence-electron chi connectivity index (χ0n) is 17.4. The van der Waals surface area contributed by atoms with Crippen molar-refractivity contribution in [1.29, 1.82) is 0 Å². The first-order valence-electron chi connectivity index (χ1n) is 10.2. The molecule has 4 nitrogen and oxygen atoms in total. The first-order valence-corrected chi connectivity index (χ1v) is 10.2. The number of amides is 1. The van der Waals surface area contributed by atoms with Gasteiger partial charge in [-0.2, -0.15) is 0 Å². The van der Waals surface area contributed by atoms with Crippen molar-refractivity contribution >= 4 is 11.9 Å². The van der Waals surface area contributed by atoms with Crippen molar-refractivity contribution in [2.75, 3.05) is 0 Å². The molecule has 4 aromatic carbocycles. The molecule has 0 aliphatic rings. The fourth-order valence-electron chi connectivity index (χ4n) is 3.29. The summed E-state index contributed by atoms with van der Waals surface area (Å²) in [7, 11) is 0. The van der Waals surface area contributed by atoms with E-state index in [1.54, 1.807) is 30.3 Å². The molecule has 164 valence electrons. The second kappa shape index (κ2) is 9.87. The molecule has 0 spiro atoms. The molecule has 0 aliphatic heterocycles. The largest absolute Gasteiger partial charge is 0.422 e. The summed E-state index contributed by atoms with van der Waals surface area (Å²) in [6.07, 6.45) is 0. The van der Waals surface area contributed by atoms with E-state index in [2.05, 4.69) is 5.32 Å². The molecule has 0 aromatic heterocycles. The number of nitrogens with one attached hydrogen (secondary N) is 1. The molecule has 1 amide bonds. The monoisotopic (exact) mass is 443 g/mol. The number of rotatable bonds is 6. The smallest absolute Gasteiger partial charge is 0.343 e. The molecule has 0 bridgehead atoms. The van der Waals surface area contributed by atoms with Crippen molar-refractivity contribution in [3.63, 3.8) is 0 Å². The average Bonchev–Trinajstić information content (AvgIpc) is 2.84. The minimum atomic E-state index is -0.764. The Morgan fingerprint density at radius 1 is 0.788 bits per heavy atom. The third kappa shape index (κ3) is 5.30. The van der Waals surface area contributed by atoms with Gasteiger partial charge in [-0.1, -0.05) is 54.6 Å². The molecule has 0 unspecified atom stereocenters. The number of carbonyl (C=O) groups is 2. The van der Waals surface area contributed by atoms with Crippen LogP contribution in [0.4, 0.5) is 8.78 Å².